The van der Waals surface area contributed by atoms with Gasteiger partial charge in [-0.25, -0.2) is 0 Å². The normalized spacial score (nSPS) is 20.8. The van der Waals surface area contributed by atoms with Crippen LogP contribution in [0.3, 0.4) is 0 Å². The molecule has 4 nitrogen and oxygen atoms in total. The molecule has 0 N–H and O–H groups in total. The number of carbonyl (C=O) groups excluding carboxylic acids is 2. The van der Waals surface area contributed by atoms with E-state index in [0.717, 1.165) is 19.3 Å². The summed E-state index contributed by atoms with van der Waals surface area (Å²) in [5, 5.41) is 0. The summed E-state index contributed by atoms with van der Waals surface area (Å²) >= 11 is 0. The number of hydrogen-bond acceptors (Lipinski definition) is 4. The average molecular weight is 367 g/mol. The van der Waals surface area contributed by atoms with Crippen molar-refractivity contribution in [1.82, 2.24) is 0 Å². The molecule has 1 aliphatic rings. The molecule has 0 aliphatic heterocycles. The van der Waals surface area contributed by atoms with Gasteiger partial charge in [0.25, 0.3) is 0 Å². The lowest BCUT2D eigenvalue weighted by Gasteiger charge is -2.28. The zero-order valence-electron chi connectivity index (χ0n) is 17.2. The Morgan fingerprint density at radius 1 is 0.923 bits per heavy atom. The summed E-state index contributed by atoms with van der Waals surface area (Å²) in [6, 6.07) is 0. The lowest BCUT2D eigenvalue weighted by molar-refractivity contribution is -0.166. The van der Waals surface area contributed by atoms with E-state index in [0.29, 0.717) is 19.4 Å². The van der Waals surface area contributed by atoms with E-state index in [1.54, 1.807) is 0 Å². The largest absolute Gasteiger partial charge is 0.465 e. The van der Waals surface area contributed by atoms with Crippen LogP contribution in [0.15, 0.2) is 12.2 Å². The van der Waals surface area contributed by atoms with Gasteiger partial charge >= 0.3 is 11.9 Å². The third-order valence-corrected chi connectivity index (χ3v) is 5.19. The van der Waals surface area contributed by atoms with Crippen molar-refractivity contribution < 1.29 is 19.1 Å². The Kier molecular flexibility index (Phi) is 11.3. The average Bonchev–Trinajstić information content (AvgIpc) is 2.64. The first-order valence-corrected chi connectivity index (χ1v) is 10.5. The monoisotopic (exact) mass is 366 g/mol. The molecule has 0 heterocycles. The highest BCUT2D eigenvalue weighted by atomic mass is 16.5. The molecule has 0 radical (unpaired) electrons. The van der Waals surface area contributed by atoms with Crippen LogP contribution in [0.1, 0.15) is 85.5 Å². The van der Waals surface area contributed by atoms with Crippen LogP contribution >= 0.6 is 0 Å². The number of hydrogen-bond donors (Lipinski definition) is 0. The fourth-order valence-corrected chi connectivity index (χ4v) is 3.42. The van der Waals surface area contributed by atoms with Gasteiger partial charge in [0, 0.05) is 0 Å². The molecule has 0 aromatic rings. The molecule has 0 saturated heterocycles. The van der Waals surface area contributed by atoms with Crippen molar-refractivity contribution in [3.8, 4) is 0 Å². The lowest BCUT2D eigenvalue weighted by Crippen LogP contribution is -2.36. The van der Waals surface area contributed by atoms with Crippen LogP contribution in [0.4, 0.5) is 0 Å². The predicted molar refractivity (Wildman–Crippen MR) is 105 cm³/mol. The van der Waals surface area contributed by atoms with E-state index < -0.39 is 11.8 Å². The first kappa shape index (κ1) is 22.7. The van der Waals surface area contributed by atoms with E-state index in [9.17, 15) is 9.59 Å². The summed E-state index contributed by atoms with van der Waals surface area (Å²) < 4.78 is 11.1. The minimum absolute atomic E-state index is 0.0896. The molecule has 0 amide bonds. The molecular formula is C22H38O4. The van der Waals surface area contributed by atoms with Gasteiger partial charge in [-0.15, -0.1) is 0 Å². The molecule has 0 bridgehead atoms. The second-order valence-corrected chi connectivity index (χ2v) is 7.72. The SMILES string of the molecule is CCCCCCCCOC(=O)C1CC=CCC1C(=O)OC(CC)C(C)C. The second-order valence-electron chi connectivity index (χ2n) is 7.72. The zero-order chi connectivity index (χ0) is 19.4. The molecule has 4 heteroatoms. The zero-order valence-corrected chi connectivity index (χ0v) is 17.2. The lowest BCUT2D eigenvalue weighted by atomic mass is 9.83. The van der Waals surface area contributed by atoms with Crippen molar-refractivity contribution in [2.75, 3.05) is 6.61 Å². The number of rotatable bonds is 12. The molecular weight excluding hydrogens is 328 g/mol. The Bertz CT molecular complexity index is 441. The van der Waals surface area contributed by atoms with E-state index in [1.807, 2.05) is 19.1 Å². The summed E-state index contributed by atoms with van der Waals surface area (Å²) in [5.74, 6) is -1.04. The number of carbonyl (C=O) groups is 2. The van der Waals surface area contributed by atoms with Gasteiger partial charge in [0.05, 0.1) is 18.4 Å². The molecule has 3 unspecified atom stereocenters. The second kappa shape index (κ2) is 12.9. The van der Waals surface area contributed by atoms with Gasteiger partial charge in [-0.3, -0.25) is 9.59 Å². The standard InChI is InChI=1S/C22H38O4/c1-5-7-8-9-10-13-16-25-21(23)18-14-11-12-15-19(18)22(24)26-20(6-2)17(3)4/h11-12,17-20H,5-10,13-16H2,1-4H3. The van der Waals surface area contributed by atoms with Crippen molar-refractivity contribution in [3.63, 3.8) is 0 Å². The third kappa shape index (κ3) is 7.92. The summed E-state index contributed by atoms with van der Waals surface area (Å²) in [5.41, 5.74) is 0. The van der Waals surface area contributed by atoms with Crippen molar-refractivity contribution in [2.24, 2.45) is 17.8 Å². The Morgan fingerprint density at radius 2 is 1.50 bits per heavy atom. The van der Waals surface area contributed by atoms with Gasteiger partial charge in [-0.05, 0) is 31.6 Å². The maximum absolute atomic E-state index is 12.6. The fraction of sp³-hybridized carbons (Fsp3) is 0.818. The van der Waals surface area contributed by atoms with Gasteiger partial charge in [0.15, 0.2) is 0 Å². The highest BCUT2D eigenvalue weighted by Gasteiger charge is 2.37. The van der Waals surface area contributed by atoms with Crippen LogP contribution in [0, 0.1) is 17.8 Å². The smallest absolute Gasteiger partial charge is 0.310 e. The topological polar surface area (TPSA) is 52.6 Å². The Balaban J connectivity index is 2.45. The molecule has 0 aromatic heterocycles. The maximum atomic E-state index is 12.6. The Morgan fingerprint density at radius 3 is 2.08 bits per heavy atom. The van der Waals surface area contributed by atoms with Gasteiger partial charge in [-0.2, -0.15) is 0 Å². The van der Waals surface area contributed by atoms with Crippen molar-refractivity contribution in [2.45, 2.75) is 91.6 Å². The summed E-state index contributed by atoms with van der Waals surface area (Å²) in [7, 11) is 0. The summed E-state index contributed by atoms with van der Waals surface area (Å²) in [4.78, 5) is 25.1. The highest BCUT2D eigenvalue weighted by molar-refractivity contribution is 5.82. The number of unbranched alkanes of at least 4 members (excludes halogenated alkanes) is 5. The van der Waals surface area contributed by atoms with Gasteiger partial charge in [-0.1, -0.05) is 72.0 Å². The molecule has 1 rings (SSSR count). The third-order valence-electron chi connectivity index (χ3n) is 5.19. The van der Waals surface area contributed by atoms with E-state index in [1.165, 1.54) is 25.7 Å². The highest BCUT2D eigenvalue weighted by Crippen LogP contribution is 2.29. The number of allylic oxidation sites excluding steroid dienone is 2. The van der Waals surface area contributed by atoms with Crippen molar-refractivity contribution >= 4 is 11.9 Å². The molecule has 1 aliphatic carbocycles. The van der Waals surface area contributed by atoms with Crippen LogP contribution in [-0.2, 0) is 19.1 Å². The minimum Gasteiger partial charge on any atom is -0.465 e. The fourth-order valence-electron chi connectivity index (χ4n) is 3.42. The number of esters is 2. The maximum Gasteiger partial charge on any atom is 0.310 e. The van der Waals surface area contributed by atoms with Gasteiger partial charge < -0.3 is 9.47 Å². The van der Waals surface area contributed by atoms with E-state index in [-0.39, 0.29) is 24.0 Å². The first-order valence-electron chi connectivity index (χ1n) is 10.5. The molecule has 3 atom stereocenters. The summed E-state index contributed by atoms with van der Waals surface area (Å²) in [6.45, 7) is 8.77. The Labute approximate surface area is 159 Å². The van der Waals surface area contributed by atoms with E-state index >= 15 is 0 Å². The van der Waals surface area contributed by atoms with Crippen LogP contribution < -0.4 is 0 Å². The molecule has 0 saturated carbocycles. The van der Waals surface area contributed by atoms with Crippen LogP contribution in [0.2, 0.25) is 0 Å². The molecule has 150 valence electrons. The quantitative estimate of drug-likeness (QED) is 0.262. The summed E-state index contributed by atoms with van der Waals surface area (Å²) in [6.07, 6.45) is 12.7. The van der Waals surface area contributed by atoms with Gasteiger partial charge in [0.1, 0.15) is 6.10 Å². The molecule has 0 spiro atoms. The van der Waals surface area contributed by atoms with E-state index in [4.69, 9.17) is 9.47 Å². The van der Waals surface area contributed by atoms with Crippen molar-refractivity contribution in [3.05, 3.63) is 12.2 Å². The molecule has 0 aromatic carbocycles. The first-order chi connectivity index (χ1) is 12.5. The molecule has 26 heavy (non-hydrogen) atoms. The van der Waals surface area contributed by atoms with Crippen LogP contribution in [-0.4, -0.2) is 24.6 Å². The molecule has 0 fully saturated rings. The van der Waals surface area contributed by atoms with Crippen LogP contribution in [0.5, 0.6) is 0 Å². The number of ether oxygens (including phenoxy) is 2. The van der Waals surface area contributed by atoms with Crippen LogP contribution in [0.25, 0.3) is 0 Å². The Hall–Kier alpha value is -1.32. The van der Waals surface area contributed by atoms with Gasteiger partial charge in [0.2, 0.25) is 0 Å². The van der Waals surface area contributed by atoms with Crippen molar-refractivity contribution in [1.29, 1.82) is 0 Å². The van der Waals surface area contributed by atoms with E-state index in [2.05, 4.69) is 20.8 Å². The predicted octanol–water partition coefficient (Wildman–Crippen LogP) is 5.45. The minimum atomic E-state index is -0.412.